The van der Waals surface area contributed by atoms with Crippen LogP contribution in [0.4, 0.5) is 0 Å². The second kappa shape index (κ2) is 5.55. The number of hydrogen-bond acceptors (Lipinski definition) is 4. The molecule has 1 aromatic rings. The van der Waals surface area contributed by atoms with Crippen molar-refractivity contribution in [3.8, 4) is 0 Å². The highest BCUT2D eigenvalue weighted by molar-refractivity contribution is 9.10. The predicted octanol–water partition coefficient (Wildman–Crippen LogP) is 0.949. The summed E-state index contributed by atoms with van der Waals surface area (Å²) in [6, 6.07) is 0.417. The lowest BCUT2D eigenvalue weighted by Gasteiger charge is -2.14. The molecular weight excluding hydrogens is 284 g/mol. The van der Waals surface area contributed by atoms with E-state index in [0.717, 1.165) is 23.1 Å². The predicted molar refractivity (Wildman–Crippen MR) is 67.2 cm³/mol. The minimum Gasteiger partial charge on any atom is -0.352 e. The maximum absolute atomic E-state index is 11.5. The van der Waals surface area contributed by atoms with Gasteiger partial charge >= 0.3 is 0 Å². The van der Waals surface area contributed by atoms with Gasteiger partial charge in [-0.3, -0.25) is 9.69 Å². The molecule has 17 heavy (non-hydrogen) atoms. The number of nitrogens with zero attached hydrogens (tertiary/aromatic N) is 3. The van der Waals surface area contributed by atoms with E-state index in [1.165, 1.54) is 0 Å². The Balaban J connectivity index is 1.77. The van der Waals surface area contributed by atoms with Crippen LogP contribution >= 0.6 is 15.9 Å². The summed E-state index contributed by atoms with van der Waals surface area (Å²) in [5.74, 6) is 0.794. The third-order valence-electron chi connectivity index (χ3n) is 2.44. The summed E-state index contributed by atoms with van der Waals surface area (Å²) in [5.41, 5.74) is 0. The van der Waals surface area contributed by atoms with Crippen LogP contribution in [0.5, 0.6) is 0 Å². The molecule has 1 aromatic heterocycles. The molecule has 0 atom stereocenters. The summed E-state index contributed by atoms with van der Waals surface area (Å²) in [6.07, 6.45) is 5.65. The molecular formula is C11H15BrN4O. The largest absolute Gasteiger partial charge is 0.352 e. The van der Waals surface area contributed by atoms with Crippen molar-refractivity contribution in [1.82, 2.24) is 20.2 Å². The first-order valence-electron chi connectivity index (χ1n) is 5.58. The lowest BCUT2D eigenvalue weighted by molar-refractivity contribution is -0.122. The standard InChI is InChI=1S/C11H15BrN4O/c1-16(7-11(17)15-9-2-3-9)6-10-13-4-8(12)5-14-10/h4-5,9H,2-3,6-7H2,1H3,(H,15,17). The summed E-state index contributed by atoms with van der Waals surface area (Å²) >= 11 is 3.28. The van der Waals surface area contributed by atoms with Crippen molar-refractivity contribution >= 4 is 21.8 Å². The molecule has 1 aliphatic carbocycles. The lowest BCUT2D eigenvalue weighted by Crippen LogP contribution is -2.36. The average Bonchev–Trinajstić information content (AvgIpc) is 3.05. The Hall–Kier alpha value is -1.01. The molecule has 1 aliphatic rings. The molecule has 6 heteroatoms. The molecule has 0 radical (unpaired) electrons. The van der Waals surface area contributed by atoms with E-state index in [-0.39, 0.29) is 5.91 Å². The highest BCUT2D eigenvalue weighted by Gasteiger charge is 2.23. The van der Waals surface area contributed by atoms with Gasteiger partial charge in [-0.15, -0.1) is 0 Å². The number of amides is 1. The highest BCUT2D eigenvalue weighted by atomic mass is 79.9. The number of carbonyl (C=O) groups excluding carboxylic acids is 1. The number of hydrogen-bond donors (Lipinski definition) is 1. The third kappa shape index (κ3) is 4.40. The zero-order chi connectivity index (χ0) is 12.3. The number of carbonyl (C=O) groups is 1. The first kappa shape index (κ1) is 12.4. The van der Waals surface area contributed by atoms with Crippen LogP contribution in [0.15, 0.2) is 16.9 Å². The number of halogens is 1. The molecule has 1 fully saturated rings. The van der Waals surface area contributed by atoms with Gasteiger partial charge in [0.1, 0.15) is 5.82 Å². The Morgan fingerprint density at radius 1 is 1.53 bits per heavy atom. The number of likely N-dealkylation sites (N-methyl/N-ethyl adjacent to an activating group) is 1. The van der Waals surface area contributed by atoms with Crippen LogP contribution in [0.1, 0.15) is 18.7 Å². The molecule has 1 heterocycles. The topological polar surface area (TPSA) is 58.1 Å². The van der Waals surface area contributed by atoms with Gasteiger partial charge in [0.05, 0.1) is 17.6 Å². The van der Waals surface area contributed by atoms with Crippen molar-refractivity contribution in [3.63, 3.8) is 0 Å². The number of rotatable bonds is 5. The fourth-order valence-electron chi connectivity index (χ4n) is 1.46. The van der Waals surface area contributed by atoms with Gasteiger partial charge in [0, 0.05) is 18.4 Å². The minimum atomic E-state index is 0.0760. The van der Waals surface area contributed by atoms with E-state index in [9.17, 15) is 4.79 Å². The van der Waals surface area contributed by atoms with E-state index in [4.69, 9.17) is 0 Å². The van der Waals surface area contributed by atoms with Crippen molar-refractivity contribution in [2.24, 2.45) is 0 Å². The maximum atomic E-state index is 11.5. The van der Waals surface area contributed by atoms with Gasteiger partial charge in [0.15, 0.2) is 0 Å². The lowest BCUT2D eigenvalue weighted by atomic mass is 10.4. The van der Waals surface area contributed by atoms with Crippen LogP contribution in [0.3, 0.4) is 0 Å². The van der Waals surface area contributed by atoms with Gasteiger partial charge < -0.3 is 5.32 Å². The van der Waals surface area contributed by atoms with Crippen LogP contribution in [0.25, 0.3) is 0 Å². The van der Waals surface area contributed by atoms with Crippen LogP contribution in [-0.2, 0) is 11.3 Å². The quantitative estimate of drug-likeness (QED) is 0.879. The summed E-state index contributed by atoms with van der Waals surface area (Å²) in [5, 5.41) is 2.95. The second-order valence-electron chi connectivity index (χ2n) is 4.33. The summed E-state index contributed by atoms with van der Waals surface area (Å²) in [7, 11) is 1.89. The minimum absolute atomic E-state index is 0.0760. The van der Waals surface area contributed by atoms with E-state index in [1.54, 1.807) is 12.4 Å². The molecule has 0 unspecified atom stereocenters. The first-order chi connectivity index (χ1) is 8.13. The fraction of sp³-hybridized carbons (Fsp3) is 0.545. The summed E-state index contributed by atoms with van der Waals surface area (Å²) in [6.45, 7) is 0.960. The molecule has 0 aliphatic heterocycles. The Kier molecular flexibility index (Phi) is 4.06. The molecule has 92 valence electrons. The molecule has 1 amide bonds. The monoisotopic (exact) mass is 298 g/mol. The van der Waals surface area contributed by atoms with Crippen LogP contribution in [0.2, 0.25) is 0 Å². The van der Waals surface area contributed by atoms with Gasteiger partial charge in [-0.05, 0) is 35.8 Å². The van der Waals surface area contributed by atoms with Crippen molar-refractivity contribution < 1.29 is 4.79 Å². The van der Waals surface area contributed by atoms with Crippen molar-refractivity contribution in [3.05, 3.63) is 22.7 Å². The van der Waals surface area contributed by atoms with Crippen molar-refractivity contribution in [2.75, 3.05) is 13.6 Å². The third-order valence-corrected chi connectivity index (χ3v) is 2.85. The molecule has 5 nitrogen and oxygen atoms in total. The van der Waals surface area contributed by atoms with E-state index in [2.05, 4.69) is 31.2 Å². The van der Waals surface area contributed by atoms with E-state index < -0.39 is 0 Å². The number of nitrogens with one attached hydrogen (secondary N) is 1. The highest BCUT2D eigenvalue weighted by Crippen LogP contribution is 2.18. The maximum Gasteiger partial charge on any atom is 0.234 e. The first-order valence-corrected chi connectivity index (χ1v) is 6.37. The smallest absolute Gasteiger partial charge is 0.234 e. The SMILES string of the molecule is CN(CC(=O)NC1CC1)Cc1ncc(Br)cn1. The van der Waals surface area contributed by atoms with Gasteiger partial charge in [0.2, 0.25) is 5.91 Å². The Morgan fingerprint density at radius 2 is 2.18 bits per heavy atom. The second-order valence-corrected chi connectivity index (χ2v) is 5.25. The zero-order valence-electron chi connectivity index (χ0n) is 9.69. The molecule has 0 saturated heterocycles. The van der Waals surface area contributed by atoms with E-state index >= 15 is 0 Å². The van der Waals surface area contributed by atoms with Gasteiger partial charge in [0.25, 0.3) is 0 Å². The molecule has 0 bridgehead atoms. The molecule has 0 spiro atoms. The average molecular weight is 299 g/mol. The Morgan fingerprint density at radius 3 is 2.76 bits per heavy atom. The fourth-order valence-corrected chi connectivity index (χ4v) is 1.67. The molecule has 0 aromatic carbocycles. The zero-order valence-corrected chi connectivity index (χ0v) is 11.3. The molecule has 1 N–H and O–H groups in total. The van der Waals surface area contributed by atoms with Gasteiger partial charge in [-0.25, -0.2) is 9.97 Å². The van der Waals surface area contributed by atoms with Crippen molar-refractivity contribution in [2.45, 2.75) is 25.4 Å². The van der Waals surface area contributed by atoms with Gasteiger partial charge in [-0.1, -0.05) is 0 Å². The van der Waals surface area contributed by atoms with E-state index in [0.29, 0.717) is 19.1 Å². The summed E-state index contributed by atoms with van der Waals surface area (Å²) in [4.78, 5) is 21.8. The van der Waals surface area contributed by atoms with Gasteiger partial charge in [-0.2, -0.15) is 0 Å². The Labute approximate surface area is 109 Å². The molecule has 1 saturated carbocycles. The normalized spacial score (nSPS) is 15.0. The molecule has 2 rings (SSSR count). The van der Waals surface area contributed by atoms with Crippen LogP contribution in [0, 0.1) is 0 Å². The van der Waals surface area contributed by atoms with E-state index in [1.807, 2.05) is 11.9 Å². The van der Waals surface area contributed by atoms with Crippen LogP contribution < -0.4 is 5.32 Å². The Bertz CT molecular complexity index is 391. The summed E-state index contributed by atoms with van der Waals surface area (Å²) < 4.78 is 0.857. The van der Waals surface area contributed by atoms with Crippen LogP contribution in [-0.4, -0.2) is 40.4 Å². The number of aromatic nitrogens is 2. The van der Waals surface area contributed by atoms with Crippen molar-refractivity contribution in [1.29, 1.82) is 0 Å².